The Labute approximate surface area is 277 Å². The molecule has 0 aliphatic carbocycles. The maximum Gasteiger partial charge on any atom is 0.303 e. The van der Waals surface area contributed by atoms with Crippen LogP contribution >= 0.6 is 0 Å². The quantitative estimate of drug-likeness (QED) is 0.211. The molecule has 0 spiro atoms. The monoisotopic (exact) mass is 656 g/mol. The molecule has 2 fully saturated rings. The van der Waals surface area contributed by atoms with Crippen LogP contribution in [-0.2, 0) is 65.5 Å². The zero-order valence-corrected chi connectivity index (χ0v) is 28.3. The zero-order chi connectivity index (χ0) is 34.1. The van der Waals surface area contributed by atoms with Gasteiger partial charge in [0.25, 0.3) is 0 Å². The predicted octanol–water partition coefficient (Wildman–Crippen LogP) is 5.12. The minimum absolute atomic E-state index is 0.0651. The maximum atomic E-state index is 12.3. The number of esters is 3. The minimum atomic E-state index is -1.41. The van der Waals surface area contributed by atoms with Crippen LogP contribution in [0.25, 0.3) is 0 Å². The summed E-state index contributed by atoms with van der Waals surface area (Å²) in [5.41, 5.74) is 1.98. The van der Waals surface area contributed by atoms with Gasteiger partial charge in [-0.2, -0.15) is 0 Å². The van der Waals surface area contributed by atoms with E-state index in [0.717, 1.165) is 11.1 Å². The zero-order valence-electron chi connectivity index (χ0n) is 28.3. The normalized spacial score (nSPS) is 32.3. The lowest BCUT2D eigenvalue weighted by Gasteiger charge is -2.53. The van der Waals surface area contributed by atoms with Gasteiger partial charge < -0.3 is 37.9 Å². The van der Waals surface area contributed by atoms with Gasteiger partial charge in [-0.1, -0.05) is 81.4 Å². The number of rotatable bonds is 13. The van der Waals surface area contributed by atoms with Gasteiger partial charge in [0.2, 0.25) is 0 Å². The number of carbonyl (C=O) groups excluding carboxylic acids is 3. The summed E-state index contributed by atoms with van der Waals surface area (Å²) in [5.74, 6) is -3.86. The van der Waals surface area contributed by atoms with Crippen LogP contribution in [0.15, 0.2) is 60.7 Å². The average molecular weight is 657 g/mol. The van der Waals surface area contributed by atoms with Crippen molar-refractivity contribution in [2.24, 2.45) is 11.8 Å². The summed E-state index contributed by atoms with van der Waals surface area (Å²) in [5, 5.41) is 0. The Hall–Kier alpha value is -3.35. The first-order valence-electron chi connectivity index (χ1n) is 16.2. The number of ether oxygens (including phenoxy) is 8. The smallest absolute Gasteiger partial charge is 0.303 e. The van der Waals surface area contributed by atoms with E-state index in [2.05, 4.69) is 6.92 Å². The van der Waals surface area contributed by atoms with Gasteiger partial charge in [0.1, 0.15) is 24.9 Å². The predicted molar refractivity (Wildman–Crippen MR) is 169 cm³/mol. The van der Waals surface area contributed by atoms with Gasteiger partial charge in [0.15, 0.2) is 18.2 Å². The number of carbonyl (C=O) groups is 3. The molecule has 11 nitrogen and oxygen atoms in total. The van der Waals surface area contributed by atoms with Crippen LogP contribution in [0.3, 0.4) is 0 Å². The molecule has 4 rings (SSSR count). The van der Waals surface area contributed by atoms with E-state index in [4.69, 9.17) is 37.9 Å². The van der Waals surface area contributed by atoms with Crippen molar-refractivity contribution >= 4 is 17.9 Å². The van der Waals surface area contributed by atoms with E-state index in [0.29, 0.717) is 13.0 Å². The summed E-state index contributed by atoms with van der Waals surface area (Å²) in [6.45, 7) is 11.8. The van der Waals surface area contributed by atoms with Crippen molar-refractivity contribution in [3.63, 3.8) is 0 Å². The first kappa shape index (κ1) is 36.5. The molecule has 2 aliphatic heterocycles. The molecule has 47 heavy (non-hydrogen) atoms. The molecule has 0 saturated carbocycles. The molecule has 0 bridgehead atoms. The summed E-state index contributed by atoms with van der Waals surface area (Å²) < 4.78 is 49.7. The fourth-order valence-corrected chi connectivity index (χ4v) is 6.26. The molecule has 2 saturated heterocycles. The summed E-state index contributed by atoms with van der Waals surface area (Å²) in [7, 11) is 0. The lowest BCUT2D eigenvalue weighted by molar-refractivity contribution is -0.414. The fourth-order valence-electron chi connectivity index (χ4n) is 6.26. The molecule has 258 valence electrons. The molecule has 0 radical (unpaired) electrons. The Balaban J connectivity index is 1.69. The lowest BCUT2D eigenvalue weighted by Crippen LogP contribution is -2.66. The Bertz CT molecular complexity index is 1300. The van der Waals surface area contributed by atoms with Crippen LogP contribution in [0.5, 0.6) is 0 Å². The van der Waals surface area contributed by atoms with E-state index in [9.17, 15) is 14.4 Å². The van der Waals surface area contributed by atoms with Crippen LogP contribution in [0, 0.1) is 11.8 Å². The van der Waals surface area contributed by atoms with E-state index >= 15 is 0 Å². The highest BCUT2D eigenvalue weighted by Gasteiger charge is 2.57. The number of hydrogen-bond donors (Lipinski definition) is 0. The topological polar surface area (TPSA) is 125 Å². The Morgan fingerprint density at radius 1 is 0.723 bits per heavy atom. The molecule has 2 aromatic rings. The second kappa shape index (κ2) is 16.7. The Morgan fingerprint density at radius 3 is 1.81 bits per heavy atom. The number of benzene rings is 2. The van der Waals surface area contributed by atoms with Crippen molar-refractivity contribution in [3.05, 3.63) is 71.8 Å². The van der Waals surface area contributed by atoms with E-state index in [1.54, 1.807) is 13.8 Å². The minimum Gasteiger partial charge on any atom is -0.463 e. The number of hydrogen-bond acceptors (Lipinski definition) is 11. The molecule has 2 aliphatic rings. The highest BCUT2D eigenvalue weighted by atomic mass is 16.8. The summed E-state index contributed by atoms with van der Waals surface area (Å²) in [6.07, 6.45) is -4.85. The fraction of sp³-hybridized carbons (Fsp3) is 0.583. The molecule has 2 aromatic carbocycles. The molecule has 11 heteroatoms. The second-order valence-corrected chi connectivity index (χ2v) is 12.4. The summed E-state index contributed by atoms with van der Waals surface area (Å²) >= 11 is 0. The van der Waals surface area contributed by atoms with E-state index in [1.807, 2.05) is 67.6 Å². The first-order chi connectivity index (χ1) is 22.4. The molecule has 5 unspecified atom stereocenters. The van der Waals surface area contributed by atoms with Crippen molar-refractivity contribution in [2.75, 3.05) is 6.61 Å². The SMILES string of the molecule is CCC1O[C@](C)(O[C@@H]2OC(COC(C)=O)[C@@H](OC(C)=O)C(OC(C)=O)C2C)C(OCc2ccccc2)[C@@H](OCc2ccccc2)[C@@H]1C. The molecule has 2 heterocycles. The van der Waals surface area contributed by atoms with Gasteiger partial charge in [0.05, 0.1) is 25.4 Å². The van der Waals surface area contributed by atoms with E-state index in [1.165, 1.54) is 20.8 Å². The summed E-state index contributed by atoms with van der Waals surface area (Å²) in [6, 6.07) is 19.7. The molecule has 0 aromatic heterocycles. The second-order valence-electron chi connectivity index (χ2n) is 12.4. The third kappa shape index (κ3) is 9.61. The van der Waals surface area contributed by atoms with Crippen LogP contribution < -0.4 is 0 Å². The highest BCUT2D eigenvalue weighted by molar-refractivity contribution is 5.67. The Kier molecular flexibility index (Phi) is 12.9. The molecule has 10 atom stereocenters. The van der Waals surface area contributed by atoms with E-state index < -0.39 is 66.4 Å². The van der Waals surface area contributed by atoms with Crippen molar-refractivity contribution in [1.29, 1.82) is 0 Å². The van der Waals surface area contributed by atoms with Crippen LogP contribution in [0.4, 0.5) is 0 Å². The summed E-state index contributed by atoms with van der Waals surface area (Å²) in [4.78, 5) is 36.1. The van der Waals surface area contributed by atoms with Crippen molar-refractivity contribution in [2.45, 2.75) is 117 Å². The standard InChI is InChI=1S/C36H48O11/c1-8-29-22(2)32(41-19-27-15-11-9-12-16-27)34(42-20-28-17-13-10-14-18-28)36(7,46-29)47-35-23(3)31(43-25(5)38)33(44-26(6)39)30(45-35)21-40-24(4)37/h9-18,22-23,29-35H,8,19-21H2,1-7H3/t22-,23?,29?,30?,31?,32+,33-,34?,35+,36-/m1/s1. The van der Waals surface area contributed by atoms with Gasteiger partial charge in [0, 0.05) is 32.6 Å². The third-order valence-corrected chi connectivity index (χ3v) is 8.62. The maximum absolute atomic E-state index is 12.3. The molecule has 0 amide bonds. The molecule has 0 N–H and O–H groups in total. The van der Waals surface area contributed by atoms with Crippen LogP contribution in [0.1, 0.15) is 66.0 Å². The largest absolute Gasteiger partial charge is 0.463 e. The average Bonchev–Trinajstić information content (AvgIpc) is 3.03. The van der Waals surface area contributed by atoms with Crippen LogP contribution in [-0.4, -0.2) is 73.2 Å². The first-order valence-corrected chi connectivity index (χ1v) is 16.2. The third-order valence-electron chi connectivity index (χ3n) is 8.62. The van der Waals surface area contributed by atoms with Gasteiger partial charge >= 0.3 is 17.9 Å². The van der Waals surface area contributed by atoms with Gasteiger partial charge in [-0.05, 0) is 24.5 Å². The molecular weight excluding hydrogens is 608 g/mol. The van der Waals surface area contributed by atoms with Crippen molar-refractivity contribution in [3.8, 4) is 0 Å². The van der Waals surface area contributed by atoms with Crippen LogP contribution in [0.2, 0.25) is 0 Å². The van der Waals surface area contributed by atoms with E-state index in [-0.39, 0.29) is 25.2 Å². The van der Waals surface area contributed by atoms with Crippen molar-refractivity contribution < 1.29 is 52.3 Å². The molecular formula is C36H48O11. The highest BCUT2D eigenvalue weighted by Crippen LogP contribution is 2.43. The Morgan fingerprint density at radius 2 is 1.28 bits per heavy atom. The lowest BCUT2D eigenvalue weighted by atomic mass is 9.85. The van der Waals surface area contributed by atoms with Gasteiger partial charge in [-0.15, -0.1) is 0 Å². The van der Waals surface area contributed by atoms with Crippen molar-refractivity contribution in [1.82, 2.24) is 0 Å². The van der Waals surface area contributed by atoms with Gasteiger partial charge in [-0.3, -0.25) is 14.4 Å². The van der Waals surface area contributed by atoms with Gasteiger partial charge in [-0.25, -0.2) is 0 Å².